The summed E-state index contributed by atoms with van der Waals surface area (Å²) >= 11 is 0. The third-order valence-corrected chi connectivity index (χ3v) is 8.11. The lowest BCUT2D eigenvalue weighted by Crippen LogP contribution is -2.56. The van der Waals surface area contributed by atoms with Gasteiger partial charge in [-0.3, -0.25) is 9.59 Å². The highest BCUT2D eigenvalue weighted by atomic mass is 16.6. The Morgan fingerprint density at radius 3 is 2.25 bits per heavy atom. The third kappa shape index (κ3) is 13.2. The lowest BCUT2D eigenvalue weighted by molar-refractivity contribution is -0.135. The number of carbonyl (C=O) groups is 3. The van der Waals surface area contributed by atoms with E-state index in [-0.39, 0.29) is 18.8 Å². The van der Waals surface area contributed by atoms with Gasteiger partial charge in [-0.1, -0.05) is 76.3 Å². The molecule has 0 radical (unpaired) electrons. The van der Waals surface area contributed by atoms with E-state index >= 15 is 0 Å². The zero-order chi connectivity index (χ0) is 32.6. The first-order chi connectivity index (χ1) is 20.9. The molecular formula is C34H54N4O6. The number of terminal acetylenes is 1. The Bertz CT molecular complexity index is 1050. The first-order valence-electron chi connectivity index (χ1n) is 15.9. The molecule has 246 valence electrons. The summed E-state index contributed by atoms with van der Waals surface area (Å²) in [5.41, 5.74) is 0.782. The number of aliphatic hydroxyl groups is 2. The summed E-state index contributed by atoms with van der Waals surface area (Å²) in [6.45, 7) is 4.94. The molecule has 1 aliphatic rings. The topological polar surface area (TPSA) is 131 Å². The van der Waals surface area contributed by atoms with Crippen molar-refractivity contribution in [2.45, 2.75) is 102 Å². The Morgan fingerprint density at radius 1 is 1.00 bits per heavy atom. The molecule has 3 amide bonds. The fourth-order valence-corrected chi connectivity index (χ4v) is 5.50. The lowest BCUT2D eigenvalue weighted by atomic mass is 9.82. The summed E-state index contributed by atoms with van der Waals surface area (Å²) in [5, 5.41) is 27.5. The summed E-state index contributed by atoms with van der Waals surface area (Å²) in [4.78, 5) is 43.4. The minimum Gasteiger partial charge on any atom is -0.436 e. The molecule has 0 spiro atoms. The number of nitrogens with one attached hydrogen (secondary N) is 2. The minimum absolute atomic E-state index is 0.104. The molecule has 4 N–H and O–H groups in total. The van der Waals surface area contributed by atoms with Crippen molar-refractivity contribution in [3.63, 3.8) is 0 Å². The summed E-state index contributed by atoms with van der Waals surface area (Å²) in [7, 11) is 5.39. The van der Waals surface area contributed by atoms with Gasteiger partial charge in [0.1, 0.15) is 12.1 Å². The second-order valence-corrected chi connectivity index (χ2v) is 12.8. The molecule has 44 heavy (non-hydrogen) atoms. The summed E-state index contributed by atoms with van der Waals surface area (Å²) in [6, 6.07) is 7.33. The first-order valence-corrected chi connectivity index (χ1v) is 15.9. The van der Waals surface area contributed by atoms with Crippen molar-refractivity contribution in [2.75, 3.05) is 34.2 Å². The predicted molar refractivity (Wildman–Crippen MR) is 172 cm³/mol. The molecule has 0 saturated heterocycles. The molecule has 1 saturated carbocycles. The van der Waals surface area contributed by atoms with Gasteiger partial charge in [0.15, 0.2) is 6.10 Å². The maximum Gasteiger partial charge on any atom is 0.410 e. The lowest BCUT2D eigenvalue weighted by Gasteiger charge is -2.33. The van der Waals surface area contributed by atoms with Crippen LogP contribution in [0.2, 0.25) is 0 Å². The number of aliphatic hydroxyl groups excluding tert-OH is 2. The van der Waals surface area contributed by atoms with E-state index in [0.717, 1.165) is 31.2 Å². The van der Waals surface area contributed by atoms with Crippen LogP contribution in [0.5, 0.6) is 0 Å². The van der Waals surface area contributed by atoms with Crippen molar-refractivity contribution < 1.29 is 29.3 Å². The van der Waals surface area contributed by atoms with Gasteiger partial charge in [0, 0.05) is 33.0 Å². The molecule has 0 unspecified atom stereocenters. The molecule has 5 atom stereocenters. The van der Waals surface area contributed by atoms with E-state index in [2.05, 4.69) is 16.6 Å². The Labute approximate surface area is 263 Å². The molecule has 0 aromatic heterocycles. The summed E-state index contributed by atoms with van der Waals surface area (Å²) in [5.74, 6) is 1.72. The van der Waals surface area contributed by atoms with Crippen LogP contribution in [0.1, 0.15) is 70.8 Å². The molecule has 0 heterocycles. The van der Waals surface area contributed by atoms with Crippen LogP contribution in [0.4, 0.5) is 4.79 Å². The van der Waals surface area contributed by atoms with Crippen molar-refractivity contribution in [1.82, 2.24) is 20.4 Å². The van der Waals surface area contributed by atoms with Crippen molar-refractivity contribution >= 4 is 17.9 Å². The number of amides is 3. The van der Waals surface area contributed by atoms with Crippen molar-refractivity contribution in [1.29, 1.82) is 0 Å². The van der Waals surface area contributed by atoms with E-state index in [0.29, 0.717) is 31.8 Å². The highest BCUT2D eigenvalue weighted by Gasteiger charge is 2.34. The molecular weight excluding hydrogens is 560 g/mol. The average Bonchev–Trinajstić information content (AvgIpc) is 2.99. The van der Waals surface area contributed by atoms with Gasteiger partial charge in [-0.05, 0) is 44.3 Å². The highest BCUT2D eigenvalue weighted by Crippen LogP contribution is 2.29. The molecule has 10 heteroatoms. The predicted octanol–water partition coefficient (Wildman–Crippen LogP) is 2.96. The second-order valence-electron chi connectivity index (χ2n) is 12.8. The summed E-state index contributed by atoms with van der Waals surface area (Å²) in [6.07, 6.45) is 7.81. The van der Waals surface area contributed by atoms with E-state index in [1.165, 1.54) is 11.3 Å². The van der Waals surface area contributed by atoms with Gasteiger partial charge in [-0.2, -0.15) is 0 Å². The fourth-order valence-electron chi connectivity index (χ4n) is 5.50. The van der Waals surface area contributed by atoms with Gasteiger partial charge in [0.2, 0.25) is 5.91 Å². The van der Waals surface area contributed by atoms with E-state index in [4.69, 9.17) is 11.2 Å². The summed E-state index contributed by atoms with van der Waals surface area (Å²) < 4.78 is 5.66. The SMILES string of the molecule is C#CC[C@H](NC(=O)[C@H](Cc1ccccc1)OC(=O)N(C)CCN(C)C)C(=O)N[C@@H](CC1CCCCC1)[C@@H](O)[C@@H](O)CC(C)C. The van der Waals surface area contributed by atoms with Crippen molar-refractivity contribution in [2.24, 2.45) is 11.8 Å². The molecule has 2 rings (SSSR count). The number of ether oxygens (including phenoxy) is 1. The van der Waals surface area contributed by atoms with E-state index in [9.17, 15) is 24.6 Å². The fraction of sp³-hybridized carbons (Fsp3) is 0.676. The second kappa shape index (κ2) is 19.3. The van der Waals surface area contributed by atoms with Crippen LogP contribution in [-0.4, -0.2) is 103 Å². The van der Waals surface area contributed by atoms with Gasteiger partial charge in [0.05, 0.1) is 12.1 Å². The largest absolute Gasteiger partial charge is 0.436 e. The number of carbonyl (C=O) groups excluding carboxylic acids is 3. The molecule has 1 aromatic carbocycles. The Kier molecular flexibility index (Phi) is 16.3. The molecule has 1 fully saturated rings. The maximum atomic E-state index is 13.6. The van der Waals surface area contributed by atoms with Crippen LogP contribution >= 0.6 is 0 Å². The first kappa shape index (κ1) is 37.1. The van der Waals surface area contributed by atoms with Crippen molar-refractivity contribution in [3.05, 3.63) is 35.9 Å². The smallest absolute Gasteiger partial charge is 0.410 e. The van der Waals surface area contributed by atoms with Crippen LogP contribution in [0.15, 0.2) is 30.3 Å². The Hall–Kier alpha value is -3.13. The van der Waals surface area contributed by atoms with E-state index < -0.39 is 48.3 Å². The van der Waals surface area contributed by atoms with Gasteiger partial charge >= 0.3 is 6.09 Å². The average molecular weight is 615 g/mol. The Balaban J connectivity index is 2.21. The van der Waals surface area contributed by atoms with Crippen LogP contribution < -0.4 is 10.6 Å². The minimum atomic E-state index is -1.21. The number of hydrogen-bond acceptors (Lipinski definition) is 7. The number of likely N-dealkylation sites (N-methyl/N-ethyl adjacent to an activating group) is 2. The normalized spacial score (nSPS) is 17.2. The van der Waals surface area contributed by atoms with Crippen LogP contribution in [-0.2, 0) is 20.7 Å². The van der Waals surface area contributed by atoms with E-state index in [1.807, 2.05) is 63.2 Å². The molecule has 1 aliphatic carbocycles. The van der Waals surface area contributed by atoms with Crippen LogP contribution in [0, 0.1) is 24.2 Å². The van der Waals surface area contributed by atoms with Gasteiger partial charge < -0.3 is 35.4 Å². The van der Waals surface area contributed by atoms with Gasteiger partial charge in [0.25, 0.3) is 5.91 Å². The molecule has 0 bridgehead atoms. The maximum absolute atomic E-state index is 13.6. The molecule has 10 nitrogen and oxygen atoms in total. The van der Waals surface area contributed by atoms with Crippen LogP contribution in [0.25, 0.3) is 0 Å². The van der Waals surface area contributed by atoms with Crippen molar-refractivity contribution in [3.8, 4) is 12.3 Å². The number of rotatable bonds is 17. The number of nitrogens with zero attached hydrogens (tertiary/aromatic N) is 2. The van der Waals surface area contributed by atoms with Gasteiger partial charge in [-0.15, -0.1) is 12.3 Å². The Morgan fingerprint density at radius 2 is 1.66 bits per heavy atom. The quantitative estimate of drug-likeness (QED) is 0.199. The standard InChI is InChI=1S/C34H54N4O6/c1-7-14-27(32(41)36-28(22-25-15-10-8-11-16-25)31(40)29(39)21-24(2)3)35-33(42)30(23-26-17-12-9-13-18-26)44-34(43)38(6)20-19-37(4)5/h1,9,12-13,17-18,24-25,27-31,39-40H,8,10-11,14-16,19-23H2,2-6H3,(H,35,42)(H,36,41)/t27-,28-,29-,30-,31+/m0/s1. The highest BCUT2D eigenvalue weighted by molar-refractivity contribution is 5.90. The zero-order valence-electron chi connectivity index (χ0n) is 27.2. The van der Waals surface area contributed by atoms with E-state index in [1.54, 1.807) is 7.05 Å². The monoisotopic (exact) mass is 614 g/mol. The number of hydrogen-bond donors (Lipinski definition) is 4. The molecule has 1 aromatic rings. The van der Waals surface area contributed by atoms with Crippen LogP contribution in [0.3, 0.4) is 0 Å². The molecule has 0 aliphatic heterocycles. The van der Waals surface area contributed by atoms with Gasteiger partial charge in [-0.25, -0.2) is 4.79 Å². The zero-order valence-corrected chi connectivity index (χ0v) is 27.2. The number of benzene rings is 1. The third-order valence-electron chi connectivity index (χ3n) is 8.11.